The van der Waals surface area contributed by atoms with E-state index in [0.29, 0.717) is 0 Å². The molecule has 1 aliphatic rings. The molecule has 0 unspecified atom stereocenters. The highest BCUT2D eigenvalue weighted by molar-refractivity contribution is 7.12. The molecule has 27 heavy (non-hydrogen) atoms. The zero-order chi connectivity index (χ0) is 18.1. The highest BCUT2D eigenvalue weighted by Gasteiger charge is 2.18. The summed E-state index contributed by atoms with van der Waals surface area (Å²) >= 11 is 1.59. The van der Waals surface area contributed by atoms with Crippen molar-refractivity contribution in [3.63, 3.8) is 0 Å². The van der Waals surface area contributed by atoms with Crippen LogP contribution in [0, 0.1) is 0 Å². The molecular weight excluding hydrogens is 354 g/mol. The predicted molar refractivity (Wildman–Crippen MR) is 109 cm³/mol. The van der Waals surface area contributed by atoms with Gasteiger partial charge in [0.1, 0.15) is 0 Å². The smallest absolute Gasteiger partial charge is 0.211 e. The highest BCUT2D eigenvalue weighted by Crippen LogP contribution is 2.31. The molecule has 0 fully saturated rings. The van der Waals surface area contributed by atoms with Crippen molar-refractivity contribution in [1.82, 2.24) is 25.0 Å². The third-order valence-corrected chi connectivity index (χ3v) is 5.39. The lowest BCUT2D eigenvalue weighted by molar-refractivity contribution is 0.861. The third-order valence-electron chi connectivity index (χ3n) is 4.57. The first-order chi connectivity index (χ1) is 13.4. The molecular formula is C21H17N5S. The average molecular weight is 371 g/mol. The van der Waals surface area contributed by atoms with Crippen LogP contribution >= 0.6 is 11.3 Å². The van der Waals surface area contributed by atoms with E-state index < -0.39 is 0 Å². The maximum absolute atomic E-state index is 4.88. The first-order valence-electron chi connectivity index (χ1n) is 8.86. The van der Waals surface area contributed by atoms with Gasteiger partial charge < -0.3 is 0 Å². The molecule has 5 rings (SSSR count). The maximum Gasteiger partial charge on any atom is 0.211 e. The van der Waals surface area contributed by atoms with Gasteiger partial charge in [-0.2, -0.15) is 10.2 Å². The van der Waals surface area contributed by atoms with E-state index in [1.165, 1.54) is 5.57 Å². The van der Waals surface area contributed by atoms with Gasteiger partial charge in [-0.15, -0.1) is 11.3 Å². The summed E-state index contributed by atoms with van der Waals surface area (Å²) in [5, 5.41) is 15.0. The second kappa shape index (κ2) is 6.81. The third kappa shape index (κ3) is 3.04. The minimum absolute atomic E-state index is 0.844. The summed E-state index contributed by atoms with van der Waals surface area (Å²) in [5.41, 5.74) is 6.19. The number of thiazole rings is 1. The van der Waals surface area contributed by atoms with Crippen molar-refractivity contribution in [2.45, 2.75) is 12.8 Å². The molecule has 1 aromatic carbocycles. The van der Waals surface area contributed by atoms with Crippen molar-refractivity contribution < 1.29 is 0 Å². The molecule has 0 saturated carbocycles. The van der Waals surface area contributed by atoms with Crippen LogP contribution in [0.15, 0.2) is 72.3 Å². The fourth-order valence-corrected chi connectivity index (χ4v) is 3.99. The predicted octanol–water partition coefficient (Wildman–Crippen LogP) is 5.12. The van der Waals surface area contributed by atoms with E-state index in [0.717, 1.165) is 46.3 Å². The van der Waals surface area contributed by atoms with Crippen molar-refractivity contribution in [3.05, 3.63) is 78.0 Å². The van der Waals surface area contributed by atoms with Crippen LogP contribution in [0.2, 0.25) is 0 Å². The van der Waals surface area contributed by atoms with Gasteiger partial charge in [-0.3, -0.25) is 5.10 Å². The lowest BCUT2D eigenvalue weighted by Crippen LogP contribution is -2.00. The Labute approximate surface area is 160 Å². The number of nitrogens with one attached hydrogen (secondary N) is 1. The normalized spacial score (nSPS) is 13.7. The van der Waals surface area contributed by atoms with Gasteiger partial charge in [-0.1, -0.05) is 48.6 Å². The molecule has 0 bridgehead atoms. The summed E-state index contributed by atoms with van der Waals surface area (Å²) in [6.45, 7) is 0. The molecule has 3 heterocycles. The van der Waals surface area contributed by atoms with Gasteiger partial charge in [0, 0.05) is 17.1 Å². The molecule has 0 atom stereocenters. The average Bonchev–Trinajstić information content (AvgIpc) is 3.48. The van der Waals surface area contributed by atoms with E-state index in [1.807, 2.05) is 28.9 Å². The number of benzene rings is 1. The zero-order valence-corrected chi connectivity index (χ0v) is 15.4. The van der Waals surface area contributed by atoms with Crippen LogP contribution in [-0.4, -0.2) is 25.0 Å². The number of hydrogen-bond acceptors (Lipinski definition) is 4. The van der Waals surface area contributed by atoms with Crippen molar-refractivity contribution >= 4 is 16.9 Å². The van der Waals surface area contributed by atoms with Gasteiger partial charge in [-0.25, -0.2) is 9.67 Å². The number of nitrogens with zero attached hydrogens (tertiary/aromatic N) is 4. The first kappa shape index (κ1) is 16.0. The zero-order valence-electron chi connectivity index (χ0n) is 14.5. The first-order valence-corrected chi connectivity index (χ1v) is 9.74. The maximum atomic E-state index is 4.88. The lowest BCUT2D eigenvalue weighted by Gasteiger charge is -2.04. The van der Waals surface area contributed by atoms with Gasteiger partial charge in [0.25, 0.3) is 0 Å². The molecule has 5 nitrogen and oxygen atoms in total. The molecule has 0 amide bonds. The van der Waals surface area contributed by atoms with E-state index in [4.69, 9.17) is 10.1 Å². The SMILES string of the molecule is C1=CCCC(c2cc(-c3ccn[nH]3)n(-c3nc(-c4ccccc4)cs3)n2)=C1. The van der Waals surface area contributed by atoms with Crippen LogP contribution in [0.25, 0.3) is 33.3 Å². The molecule has 6 heteroatoms. The van der Waals surface area contributed by atoms with Crippen LogP contribution in [0.4, 0.5) is 0 Å². The van der Waals surface area contributed by atoms with Crippen LogP contribution in [0.5, 0.6) is 0 Å². The van der Waals surface area contributed by atoms with Crippen LogP contribution < -0.4 is 0 Å². The number of allylic oxidation sites excluding steroid dienone is 4. The summed E-state index contributed by atoms with van der Waals surface area (Å²) < 4.78 is 1.92. The molecule has 1 aliphatic carbocycles. The van der Waals surface area contributed by atoms with Crippen molar-refractivity contribution in [2.75, 3.05) is 0 Å². The molecule has 132 valence electrons. The number of aromatic nitrogens is 5. The Morgan fingerprint density at radius 3 is 2.78 bits per heavy atom. The molecule has 0 spiro atoms. The summed E-state index contributed by atoms with van der Waals surface area (Å²) in [5.74, 6) is 0. The summed E-state index contributed by atoms with van der Waals surface area (Å²) in [6, 6.07) is 14.3. The Morgan fingerprint density at radius 2 is 2.00 bits per heavy atom. The molecule has 0 radical (unpaired) electrons. The van der Waals surface area contributed by atoms with Gasteiger partial charge in [0.15, 0.2) is 0 Å². The Morgan fingerprint density at radius 1 is 1.07 bits per heavy atom. The van der Waals surface area contributed by atoms with Crippen LogP contribution in [0.1, 0.15) is 18.5 Å². The molecule has 1 N–H and O–H groups in total. The largest absolute Gasteiger partial charge is 0.276 e. The fourth-order valence-electron chi connectivity index (χ4n) is 3.19. The van der Waals surface area contributed by atoms with Crippen molar-refractivity contribution in [3.8, 4) is 27.8 Å². The molecule has 0 aliphatic heterocycles. The standard InChI is InChI=1S/C21H17N5S/c1-3-7-15(8-4-1)18-13-20(17-11-12-22-24-17)26(25-18)21-23-19(14-27-21)16-9-5-2-6-10-16/h1-3,5-7,9-14H,4,8H2,(H,22,24). The van der Waals surface area contributed by atoms with E-state index in [1.54, 1.807) is 17.5 Å². The number of hydrogen-bond donors (Lipinski definition) is 1. The summed E-state index contributed by atoms with van der Waals surface area (Å²) in [4.78, 5) is 4.83. The van der Waals surface area contributed by atoms with Crippen molar-refractivity contribution in [1.29, 1.82) is 0 Å². The van der Waals surface area contributed by atoms with Gasteiger partial charge in [0.05, 0.1) is 22.8 Å². The molecule has 3 aromatic heterocycles. The van der Waals surface area contributed by atoms with E-state index in [9.17, 15) is 0 Å². The quantitative estimate of drug-likeness (QED) is 0.542. The van der Waals surface area contributed by atoms with Crippen LogP contribution in [-0.2, 0) is 0 Å². The van der Waals surface area contributed by atoms with Gasteiger partial charge in [0.2, 0.25) is 5.13 Å². The topological polar surface area (TPSA) is 59.4 Å². The van der Waals surface area contributed by atoms with Crippen molar-refractivity contribution in [2.24, 2.45) is 0 Å². The highest BCUT2D eigenvalue weighted by atomic mass is 32.1. The Kier molecular flexibility index (Phi) is 4.03. The van der Waals surface area contributed by atoms with Crippen LogP contribution in [0.3, 0.4) is 0 Å². The summed E-state index contributed by atoms with van der Waals surface area (Å²) in [7, 11) is 0. The van der Waals surface area contributed by atoms with Gasteiger partial charge >= 0.3 is 0 Å². The number of H-pyrrole nitrogens is 1. The monoisotopic (exact) mass is 371 g/mol. The Hall–Kier alpha value is -3.25. The second-order valence-corrected chi connectivity index (χ2v) is 7.17. The Balaban J connectivity index is 1.61. The van der Waals surface area contributed by atoms with E-state index >= 15 is 0 Å². The minimum atomic E-state index is 0.844. The number of rotatable bonds is 4. The summed E-state index contributed by atoms with van der Waals surface area (Å²) in [6.07, 6.45) is 10.2. The Bertz CT molecular complexity index is 1120. The van der Waals surface area contributed by atoms with Gasteiger partial charge in [-0.05, 0) is 30.5 Å². The lowest BCUT2D eigenvalue weighted by atomic mass is 10.0. The second-order valence-electron chi connectivity index (χ2n) is 6.34. The van der Waals surface area contributed by atoms with E-state index in [2.05, 4.69) is 52.0 Å². The minimum Gasteiger partial charge on any atom is -0.276 e. The molecule has 4 aromatic rings. The molecule has 0 saturated heterocycles. The number of aromatic amines is 1. The van der Waals surface area contributed by atoms with E-state index in [-0.39, 0.29) is 0 Å². The fraction of sp³-hybridized carbons (Fsp3) is 0.0952.